The molecule has 0 spiro atoms. The number of rotatable bonds is 5. The lowest BCUT2D eigenvalue weighted by Crippen LogP contribution is -2.24. The molecule has 1 aromatic rings. The number of allylic oxidation sites excluding steroid dienone is 7. The molecule has 0 N–H and O–H groups in total. The van der Waals surface area contributed by atoms with Crippen molar-refractivity contribution in [1.82, 2.24) is 0 Å². The molecular weight excluding hydrogens is 322 g/mol. The van der Waals surface area contributed by atoms with E-state index in [0.717, 1.165) is 41.9 Å². The lowest BCUT2D eigenvalue weighted by molar-refractivity contribution is -0.117. The maximum absolute atomic E-state index is 13.2. The van der Waals surface area contributed by atoms with E-state index in [0.29, 0.717) is 0 Å². The Hall–Kier alpha value is -2.68. The summed E-state index contributed by atoms with van der Waals surface area (Å²) in [7, 11) is 1.67. The van der Waals surface area contributed by atoms with E-state index in [9.17, 15) is 4.79 Å². The number of nitrogens with zero attached hydrogens (tertiary/aromatic N) is 1. The minimum atomic E-state index is -0.328. The van der Waals surface area contributed by atoms with E-state index in [1.54, 1.807) is 7.11 Å². The fraction of sp³-hybridized carbons (Fsp3) is 0.304. The molecule has 2 unspecified atom stereocenters. The van der Waals surface area contributed by atoms with Crippen molar-refractivity contribution in [3.05, 3.63) is 76.9 Å². The summed E-state index contributed by atoms with van der Waals surface area (Å²) in [6.07, 6.45) is 12.8. The summed E-state index contributed by atoms with van der Waals surface area (Å²) in [5.74, 6) is 1.09. The number of carbonyl (C=O) groups is 1. The van der Waals surface area contributed by atoms with Gasteiger partial charge in [0.25, 0.3) is 0 Å². The second-order valence-corrected chi connectivity index (χ2v) is 7.17. The van der Waals surface area contributed by atoms with Crippen LogP contribution in [-0.4, -0.2) is 24.6 Å². The smallest absolute Gasteiger partial charge is 0.184 e. The van der Waals surface area contributed by atoms with Gasteiger partial charge in [-0.25, -0.2) is 0 Å². The molecule has 1 aliphatic heterocycles. The molecule has 0 saturated heterocycles. The van der Waals surface area contributed by atoms with E-state index in [1.165, 1.54) is 11.1 Å². The van der Waals surface area contributed by atoms with Crippen molar-refractivity contribution in [2.75, 3.05) is 7.11 Å². The first-order valence-corrected chi connectivity index (χ1v) is 9.13. The van der Waals surface area contributed by atoms with Crippen LogP contribution < -0.4 is 4.74 Å². The topological polar surface area (TPSA) is 38.7 Å². The predicted molar refractivity (Wildman–Crippen MR) is 105 cm³/mol. The Balaban J connectivity index is 1.64. The maximum atomic E-state index is 13.2. The van der Waals surface area contributed by atoms with Crippen molar-refractivity contribution >= 4 is 11.5 Å². The number of Topliss-reactive ketones (excluding diaryl/α,β-unsaturated/α-hetero) is 1. The fourth-order valence-corrected chi connectivity index (χ4v) is 3.92. The number of hydrogen-bond acceptors (Lipinski definition) is 3. The molecule has 1 heterocycles. The summed E-state index contributed by atoms with van der Waals surface area (Å²) in [5, 5.41) is 0. The second-order valence-electron chi connectivity index (χ2n) is 7.17. The molecule has 3 aliphatic rings. The quantitative estimate of drug-likeness (QED) is 0.774. The van der Waals surface area contributed by atoms with Gasteiger partial charge < -0.3 is 4.74 Å². The Morgan fingerprint density at radius 1 is 1.15 bits per heavy atom. The molecule has 1 aromatic carbocycles. The normalized spacial score (nSPS) is 24.2. The zero-order valence-corrected chi connectivity index (χ0v) is 15.2. The number of ketones is 1. The Kier molecular flexibility index (Phi) is 4.46. The van der Waals surface area contributed by atoms with Gasteiger partial charge in [0.1, 0.15) is 11.8 Å². The van der Waals surface area contributed by atoms with Crippen LogP contribution in [0.4, 0.5) is 0 Å². The molecule has 0 aromatic heterocycles. The lowest BCUT2D eigenvalue weighted by atomic mass is 9.85. The van der Waals surface area contributed by atoms with E-state index in [1.807, 2.05) is 24.3 Å². The van der Waals surface area contributed by atoms with Crippen molar-refractivity contribution in [3.8, 4) is 5.75 Å². The van der Waals surface area contributed by atoms with E-state index >= 15 is 0 Å². The minimum Gasteiger partial charge on any atom is -0.497 e. The fourth-order valence-electron chi connectivity index (χ4n) is 3.92. The Morgan fingerprint density at radius 2 is 1.96 bits per heavy atom. The standard InChI is InChI=1S/C23H23NO2/c1-15-7-8-18(13-15)23(25)22-20(16-9-11-19(26-2)12-10-16)14-21(24-22)17-5-3-4-6-17/h3-5,7-12,20,22H,6,13-14H2,1-2H3. The third kappa shape index (κ3) is 3.10. The van der Waals surface area contributed by atoms with Crippen LogP contribution in [0.15, 0.2) is 76.4 Å². The first-order chi connectivity index (χ1) is 12.7. The van der Waals surface area contributed by atoms with Crippen LogP contribution in [0.2, 0.25) is 0 Å². The van der Waals surface area contributed by atoms with Crippen LogP contribution in [0.25, 0.3) is 0 Å². The van der Waals surface area contributed by atoms with Crippen molar-refractivity contribution in [3.63, 3.8) is 0 Å². The first kappa shape index (κ1) is 16.8. The van der Waals surface area contributed by atoms with Crippen LogP contribution >= 0.6 is 0 Å². The molecule has 2 aliphatic carbocycles. The molecule has 0 saturated carbocycles. The molecule has 0 amide bonds. The van der Waals surface area contributed by atoms with E-state index in [4.69, 9.17) is 9.73 Å². The summed E-state index contributed by atoms with van der Waals surface area (Å²) in [6, 6.07) is 7.73. The maximum Gasteiger partial charge on any atom is 0.184 e. The van der Waals surface area contributed by atoms with E-state index in [-0.39, 0.29) is 17.7 Å². The molecular formula is C23H23NO2. The van der Waals surface area contributed by atoms with Gasteiger partial charge in [0.2, 0.25) is 0 Å². The largest absolute Gasteiger partial charge is 0.497 e. The lowest BCUT2D eigenvalue weighted by Gasteiger charge is -2.18. The average Bonchev–Trinajstić information content (AvgIpc) is 3.41. The highest BCUT2D eigenvalue weighted by atomic mass is 16.5. The van der Waals surface area contributed by atoms with Gasteiger partial charge in [-0.15, -0.1) is 0 Å². The van der Waals surface area contributed by atoms with Crippen molar-refractivity contribution in [2.24, 2.45) is 4.99 Å². The summed E-state index contributed by atoms with van der Waals surface area (Å²) >= 11 is 0. The Morgan fingerprint density at radius 3 is 2.58 bits per heavy atom. The molecule has 0 bridgehead atoms. The number of ether oxygens (including phenoxy) is 1. The third-order valence-corrected chi connectivity index (χ3v) is 5.40. The molecule has 0 fully saturated rings. The van der Waals surface area contributed by atoms with Gasteiger partial charge >= 0.3 is 0 Å². The van der Waals surface area contributed by atoms with Gasteiger partial charge in [-0.1, -0.05) is 48.1 Å². The number of aliphatic imine (C=N–C) groups is 1. The van der Waals surface area contributed by atoms with Crippen LogP contribution in [0.3, 0.4) is 0 Å². The van der Waals surface area contributed by atoms with Crippen LogP contribution in [0.1, 0.15) is 37.7 Å². The minimum absolute atomic E-state index is 0.0895. The van der Waals surface area contributed by atoms with Gasteiger partial charge in [0.15, 0.2) is 5.78 Å². The molecule has 26 heavy (non-hydrogen) atoms. The first-order valence-electron chi connectivity index (χ1n) is 9.13. The molecule has 3 heteroatoms. The zero-order chi connectivity index (χ0) is 18.1. The SMILES string of the molecule is COc1ccc(C2CC(C3=CC=CC3)=NC2C(=O)C2=CC=C(C)C2)cc1. The van der Waals surface area contributed by atoms with Crippen LogP contribution in [0.5, 0.6) is 5.75 Å². The van der Waals surface area contributed by atoms with Gasteiger partial charge in [-0.2, -0.15) is 0 Å². The van der Waals surface area contributed by atoms with Crippen molar-refractivity contribution in [1.29, 1.82) is 0 Å². The van der Waals surface area contributed by atoms with Crippen molar-refractivity contribution < 1.29 is 9.53 Å². The highest BCUT2D eigenvalue weighted by Crippen LogP contribution is 2.38. The summed E-state index contributed by atoms with van der Waals surface area (Å²) in [5.41, 5.74) is 5.59. The summed E-state index contributed by atoms with van der Waals surface area (Å²) < 4.78 is 5.27. The van der Waals surface area contributed by atoms with Gasteiger partial charge in [0, 0.05) is 17.2 Å². The van der Waals surface area contributed by atoms with Gasteiger partial charge in [-0.05, 0) is 49.5 Å². The van der Waals surface area contributed by atoms with E-state index < -0.39 is 0 Å². The van der Waals surface area contributed by atoms with E-state index in [2.05, 4.69) is 37.3 Å². The number of carbonyl (C=O) groups excluding carboxylic acids is 1. The number of hydrogen-bond donors (Lipinski definition) is 0. The third-order valence-electron chi connectivity index (χ3n) is 5.40. The number of methoxy groups -OCH3 is 1. The second kappa shape index (κ2) is 6.91. The molecule has 132 valence electrons. The average molecular weight is 345 g/mol. The van der Waals surface area contributed by atoms with Crippen LogP contribution in [-0.2, 0) is 4.79 Å². The molecule has 4 rings (SSSR count). The van der Waals surface area contributed by atoms with Crippen LogP contribution in [0, 0.1) is 0 Å². The Labute approximate surface area is 154 Å². The summed E-state index contributed by atoms with van der Waals surface area (Å²) in [4.78, 5) is 18.1. The highest BCUT2D eigenvalue weighted by Gasteiger charge is 2.37. The Bertz CT molecular complexity index is 881. The zero-order valence-electron chi connectivity index (χ0n) is 15.2. The van der Waals surface area contributed by atoms with Gasteiger partial charge in [0.05, 0.1) is 7.11 Å². The molecule has 2 atom stereocenters. The predicted octanol–water partition coefficient (Wildman–Crippen LogP) is 4.72. The summed E-state index contributed by atoms with van der Waals surface area (Å²) in [6.45, 7) is 2.07. The number of benzene rings is 1. The van der Waals surface area contributed by atoms with Crippen molar-refractivity contribution in [2.45, 2.75) is 38.1 Å². The van der Waals surface area contributed by atoms with Gasteiger partial charge in [-0.3, -0.25) is 9.79 Å². The molecule has 0 radical (unpaired) electrons. The molecule has 3 nitrogen and oxygen atoms in total. The highest BCUT2D eigenvalue weighted by molar-refractivity contribution is 6.09. The monoisotopic (exact) mass is 345 g/mol.